The molecule has 32 heavy (non-hydrogen) atoms. The third-order valence-electron chi connectivity index (χ3n) is 5.16. The quantitative estimate of drug-likeness (QED) is 0.483. The van der Waals surface area contributed by atoms with Crippen LogP contribution >= 0.6 is 0 Å². The maximum absolute atomic E-state index is 12.5. The molecule has 0 aliphatic carbocycles. The van der Waals surface area contributed by atoms with Gasteiger partial charge in [-0.3, -0.25) is 0 Å². The number of nitrogens with one attached hydrogen (secondary N) is 1. The van der Waals surface area contributed by atoms with Crippen molar-refractivity contribution < 1.29 is 14.0 Å². The minimum Gasteiger partial charge on any atom is -0.444 e. The van der Waals surface area contributed by atoms with Crippen molar-refractivity contribution in [1.29, 1.82) is 0 Å². The first-order valence-electron chi connectivity index (χ1n) is 11.1. The van der Waals surface area contributed by atoms with Crippen LogP contribution < -0.4 is 15.7 Å². The summed E-state index contributed by atoms with van der Waals surface area (Å²) in [7, 11) is -2.69. The molecule has 2 aromatic carbocycles. The molecular weight excluding hydrogens is 414 g/mol. The highest BCUT2D eigenvalue weighted by atomic mass is 28.4. The maximum Gasteiger partial charge on any atom is 0.407 e. The van der Waals surface area contributed by atoms with Crippen molar-refractivity contribution in [3.05, 3.63) is 60.7 Å². The van der Waals surface area contributed by atoms with Gasteiger partial charge in [-0.25, -0.2) is 4.79 Å². The molecule has 0 aromatic heterocycles. The predicted molar refractivity (Wildman–Crippen MR) is 135 cm³/mol. The van der Waals surface area contributed by atoms with Crippen LogP contribution in [-0.4, -0.2) is 32.7 Å². The second kappa shape index (κ2) is 10.8. The van der Waals surface area contributed by atoms with E-state index in [1.54, 1.807) is 6.92 Å². The van der Waals surface area contributed by atoms with Crippen molar-refractivity contribution in [2.45, 2.75) is 71.6 Å². The highest BCUT2D eigenvalue weighted by molar-refractivity contribution is 6.99. The number of ether oxygens (including phenoxy) is 1. The average molecular weight is 452 g/mol. The summed E-state index contributed by atoms with van der Waals surface area (Å²) in [4.78, 5) is 12.5. The summed E-state index contributed by atoms with van der Waals surface area (Å²) in [5.41, 5.74) is -0.566. The molecule has 4 nitrogen and oxygen atoms in total. The first-order chi connectivity index (χ1) is 15.0. The first-order valence-corrected chi connectivity index (χ1v) is 13.0. The van der Waals surface area contributed by atoms with Crippen molar-refractivity contribution in [3.8, 4) is 11.8 Å². The molecule has 0 saturated carbocycles. The Morgan fingerprint density at radius 1 is 0.938 bits per heavy atom. The largest absolute Gasteiger partial charge is 0.444 e. The Bertz CT molecular complexity index is 879. The molecule has 2 aromatic rings. The SMILES string of the molecule is CC#CC[C@H](CO[Si](c1ccccc1)(c1ccccc1)C(C)(C)C)NC(=O)OC(C)(C)C. The third kappa shape index (κ3) is 6.72. The van der Waals surface area contributed by atoms with Gasteiger partial charge >= 0.3 is 6.09 Å². The molecule has 172 valence electrons. The predicted octanol–water partition coefficient (Wildman–Crippen LogP) is 4.87. The number of carbonyl (C=O) groups excluding carboxylic acids is 1. The Labute approximate surface area is 194 Å². The van der Waals surface area contributed by atoms with Crippen LogP contribution in [-0.2, 0) is 9.16 Å². The van der Waals surface area contributed by atoms with Crippen LogP contribution in [0, 0.1) is 11.8 Å². The van der Waals surface area contributed by atoms with E-state index in [-0.39, 0.29) is 11.1 Å². The van der Waals surface area contributed by atoms with Gasteiger partial charge < -0.3 is 14.5 Å². The maximum atomic E-state index is 12.5. The molecule has 0 fully saturated rings. The highest BCUT2D eigenvalue weighted by Crippen LogP contribution is 2.36. The number of rotatable bonds is 7. The Morgan fingerprint density at radius 3 is 1.84 bits per heavy atom. The van der Waals surface area contributed by atoms with Gasteiger partial charge in [0.25, 0.3) is 8.32 Å². The van der Waals surface area contributed by atoms with Gasteiger partial charge in [-0.05, 0) is 43.1 Å². The molecule has 0 spiro atoms. The van der Waals surface area contributed by atoms with Crippen molar-refractivity contribution in [2.24, 2.45) is 0 Å². The summed E-state index contributed by atoms with van der Waals surface area (Å²) < 4.78 is 12.4. The summed E-state index contributed by atoms with van der Waals surface area (Å²) in [5.74, 6) is 6.01. The van der Waals surface area contributed by atoms with Crippen molar-refractivity contribution in [2.75, 3.05) is 6.61 Å². The van der Waals surface area contributed by atoms with Crippen LogP contribution in [0.1, 0.15) is 54.9 Å². The van der Waals surface area contributed by atoms with Crippen LogP contribution in [0.25, 0.3) is 0 Å². The zero-order chi connectivity index (χ0) is 23.8. The summed E-state index contributed by atoms with van der Waals surface area (Å²) in [6, 6.07) is 20.7. The molecule has 2 rings (SSSR count). The Balaban J connectivity index is 2.43. The van der Waals surface area contributed by atoms with Gasteiger partial charge in [0.1, 0.15) is 5.60 Å². The van der Waals surface area contributed by atoms with Crippen LogP contribution in [0.4, 0.5) is 4.79 Å². The fourth-order valence-electron chi connectivity index (χ4n) is 3.84. The second-order valence-electron chi connectivity index (χ2n) is 9.95. The molecule has 0 heterocycles. The third-order valence-corrected chi connectivity index (χ3v) is 10.2. The molecule has 1 atom stereocenters. The molecule has 5 heteroatoms. The van der Waals surface area contributed by atoms with E-state index < -0.39 is 20.0 Å². The van der Waals surface area contributed by atoms with Crippen molar-refractivity contribution >= 4 is 24.8 Å². The second-order valence-corrected chi connectivity index (χ2v) is 14.3. The zero-order valence-electron chi connectivity index (χ0n) is 20.5. The monoisotopic (exact) mass is 451 g/mol. The van der Waals surface area contributed by atoms with E-state index in [1.165, 1.54) is 10.4 Å². The number of carbonyl (C=O) groups is 1. The van der Waals surface area contributed by atoms with Gasteiger partial charge in [0.05, 0.1) is 12.6 Å². The van der Waals surface area contributed by atoms with Gasteiger partial charge in [0.15, 0.2) is 0 Å². The summed E-state index contributed by atoms with van der Waals surface area (Å²) in [6.07, 6.45) is 0.0416. The minimum absolute atomic E-state index is 0.136. The average Bonchev–Trinajstić information content (AvgIpc) is 2.71. The Kier molecular flexibility index (Phi) is 8.71. The van der Waals surface area contributed by atoms with E-state index in [4.69, 9.17) is 9.16 Å². The topological polar surface area (TPSA) is 47.6 Å². The van der Waals surface area contributed by atoms with E-state index in [0.29, 0.717) is 13.0 Å². The fraction of sp³-hybridized carbons (Fsp3) is 0.444. The smallest absolute Gasteiger partial charge is 0.407 e. The van der Waals surface area contributed by atoms with Crippen molar-refractivity contribution in [3.63, 3.8) is 0 Å². The van der Waals surface area contributed by atoms with Crippen LogP contribution in [0.5, 0.6) is 0 Å². The van der Waals surface area contributed by atoms with E-state index in [9.17, 15) is 4.79 Å². The van der Waals surface area contributed by atoms with E-state index in [2.05, 4.69) is 86.5 Å². The number of alkyl carbamates (subject to hydrolysis) is 1. The molecule has 1 amide bonds. The van der Waals surface area contributed by atoms with Gasteiger partial charge in [0.2, 0.25) is 0 Å². The van der Waals surface area contributed by atoms with Crippen LogP contribution in [0.15, 0.2) is 60.7 Å². The number of hydrogen-bond acceptors (Lipinski definition) is 3. The lowest BCUT2D eigenvalue weighted by Gasteiger charge is -2.43. The molecule has 1 N–H and O–H groups in total. The lowest BCUT2D eigenvalue weighted by atomic mass is 10.2. The van der Waals surface area contributed by atoms with Crippen molar-refractivity contribution in [1.82, 2.24) is 5.32 Å². The molecular formula is C27H37NO3Si. The van der Waals surface area contributed by atoms with E-state index in [0.717, 1.165) is 0 Å². The minimum atomic E-state index is -2.69. The van der Waals surface area contributed by atoms with Gasteiger partial charge in [-0.15, -0.1) is 11.8 Å². The van der Waals surface area contributed by atoms with Gasteiger partial charge in [-0.1, -0.05) is 81.4 Å². The molecule has 0 bridgehead atoms. The molecule has 0 aliphatic rings. The molecule has 0 unspecified atom stereocenters. The first kappa shape index (κ1) is 25.7. The Hall–Kier alpha value is -2.55. The normalized spacial score (nSPS) is 13.0. The standard InChI is InChI=1S/C27H37NO3Si/c1-8-9-16-22(28-25(29)31-26(2,3)4)21-30-32(27(5,6)7,23-17-12-10-13-18-23)24-19-14-11-15-20-24/h10-15,17-20,22H,16,21H2,1-7H3,(H,28,29)/t22-/m1/s1. The lowest BCUT2D eigenvalue weighted by molar-refractivity contribution is 0.0487. The highest BCUT2D eigenvalue weighted by Gasteiger charge is 2.50. The van der Waals surface area contributed by atoms with E-state index >= 15 is 0 Å². The van der Waals surface area contributed by atoms with Gasteiger partial charge in [-0.2, -0.15) is 0 Å². The van der Waals surface area contributed by atoms with Crippen LogP contribution in [0.2, 0.25) is 5.04 Å². The zero-order valence-corrected chi connectivity index (χ0v) is 21.5. The fourth-order valence-corrected chi connectivity index (χ4v) is 8.44. The lowest BCUT2D eigenvalue weighted by Crippen LogP contribution is -2.67. The Morgan fingerprint density at radius 2 is 1.44 bits per heavy atom. The molecule has 0 radical (unpaired) electrons. The molecule has 0 aliphatic heterocycles. The number of amides is 1. The summed E-state index contributed by atoms with van der Waals surface area (Å²) in [6.45, 7) is 14.4. The summed E-state index contributed by atoms with van der Waals surface area (Å²) >= 11 is 0. The molecule has 0 saturated heterocycles. The summed E-state index contributed by atoms with van der Waals surface area (Å²) in [5, 5.41) is 5.24. The van der Waals surface area contributed by atoms with Crippen LogP contribution in [0.3, 0.4) is 0 Å². The number of hydrogen-bond donors (Lipinski definition) is 1. The van der Waals surface area contributed by atoms with E-state index in [1.807, 2.05) is 32.9 Å². The van der Waals surface area contributed by atoms with Gasteiger partial charge in [0, 0.05) is 6.42 Å². The number of benzene rings is 2.